The van der Waals surface area contributed by atoms with E-state index in [1.165, 1.54) is 12.1 Å². The third kappa shape index (κ3) is 5.60. The van der Waals surface area contributed by atoms with Crippen molar-refractivity contribution < 1.29 is 23.1 Å². The van der Waals surface area contributed by atoms with E-state index in [4.69, 9.17) is 0 Å². The molecule has 2 N–H and O–H groups in total. The number of benzene rings is 2. The lowest BCUT2D eigenvalue weighted by Gasteiger charge is -2.16. The highest BCUT2D eigenvalue weighted by Crippen LogP contribution is 2.29. The number of carbonyl (C=O) groups excluding carboxylic acids is 1. The highest BCUT2D eigenvalue weighted by molar-refractivity contribution is 5.94. The SMILES string of the molecule is O=C(NCCC(CCO)c1ccccc1)c1ccc(C(F)(F)F)cc1. The van der Waals surface area contributed by atoms with E-state index in [0.29, 0.717) is 19.4 Å². The lowest BCUT2D eigenvalue weighted by atomic mass is 9.93. The summed E-state index contributed by atoms with van der Waals surface area (Å²) in [6.07, 6.45) is -3.20. The van der Waals surface area contributed by atoms with Crippen molar-refractivity contribution in [3.05, 3.63) is 71.3 Å². The fraction of sp³-hybridized carbons (Fsp3) is 0.316. The van der Waals surface area contributed by atoms with Gasteiger partial charge in [-0.25, -0.2) is 0 Å². The number of hydrogen-bond donors (Lipinski definition) is 2. The average molecular weight is 351 g/mol. The molecule has 0 radical (unpaired) electrons. The Morgan fingerprint density at radius 3 is 2.20 bits per heavy atom. The Labute approximate surface area is 144 Å². The number of rotatable bonds is 7. The second kappa shape index (κ2) is 8.67. The van der Waals surface area contributed by atoms with Crippen LogP contribution in [0, 0.1) is 0 Å². The largest absolute Gasteiger partial charge is 0.416 e. The van der Waals surface area contributed by atoms with Crippen molar-refractivity contribution in [3.8, 4) is 0 Å². The summed E-state index contributed by atoms with van der Waals surface area (Å²) in [5, 5.41) is 11.9. The first-order valence-electron chi connectivity index (χ1n) is 8.03. The molecule has 2 aromatic carbocycles. The molecule has 0 saturated heterocycles. The van der Waals surface area contributed by atoms with Crippen molar-refractivity contribution in [2.75, 3.05) is 13.2 Å². The second-order valence-corrected chi connectivity index (χ2v) is 5.74. The van der Waals surface area contributed by atoms with E-state index in [9.17, 15) is 23.1 Å². The Balaban J connectivity index is 1.90. The summed E-state index contributed by atoms with van der Waals surface area (Å²) in [6, 6.07) is 13.8. The maximum atomic E-state index is 12.5. The van der Waals surface area contributed by atoms with Crippen molar-refractivity contribution in [2.45, 2.75) is 24.9 Å². The summed E-state index contributed by atoms with van der Waals surface area (Å²) in [4.78, 5) is 12.0. The molecule has 2 aromatic rings. The summed E-state index contributed by atoms with van der Waals surface area (Å²) < 4.78 is 37.6. The molecule has 0 aliphatic heterocycles. The predicted molar refractivity (Wildman–Crippen MR) is 89.3 cm³/mol. The highest BCUT2D eigenvalue weighted by Gasteiger charge is 2.30. The lowest BCUT2D eigenvalue weighted by molar-refractivity contribution is -0.137. The van der Waals surface area contributed by atoms with Gasteiger partial charge in [-0.15, -0.1) is 0 Å². The molecule has 0 aliphatic carbocycles. The number of halogens is 3. The van der Waals surface area contributed by atoms with Gasteiger partial charge in [0.1, 0.15) is 0 Å². The van der Waals surface area contributed by atoms with Gasteiger partial charge in [0.25, 0.3) is 5.91 Å². The molecule has 0 heterocycles. The van der Waals surface area contributed by atoms with E-state index in [-0.39, 0.29) is 18.1 Å². The van der Waals surface area contributed by atoms with Crippen LogP contribution in [-0.2, 0) is 6.18 Å². The van der Waals surface area contributed by atoms with E-state index >= 15 is 0 Å². The van der Waals surface area contributed by atoms with Crippen LogP contribution in [0.1, 0.15) is 40.2 Å². The van der Waals surface area contributed by atoms with Crippen molar-refractivity contribution in [1.29, 1.82) is 0 Å². The van der Waals surface area contributed by atoms with Gasteiger partial charge in [-0.3, -0.25) is 4.79 Å². The quantitative estimate of drug-likeness (QED) is 0.792. The number of aliphatic hydroxyl groups excluding tert-OH is 1. The van der Waals surface area contributed by atoms with Gasteiger partial charge < -0.3 is 10.4 Å². The number of amides is 1. The zero-order valence-electron chi connectivity index (χ0n) is 13.6. The van der Waals surface area contributed by atoms with Crippen LogP contribution in [0.25, 0.3) is 0 Å². The third-order valence-corrected chi connectivity index (χ3v) is 4.00. The van der Waals surface area contributed by atoms with Crippen LogP contribution in [-0.4, -0.2) is 24.2 Å². The van der Waals surface area contributed by atoms with Gasteiger partial charge in [0.05, 0.1) is 5.56 Å². The average Bonchev–Trinajstić information content (AvgIpc) is 2.61. The van der Waals surface area contributed by atoms with Crippen LogP contribution in [0.5, 0.6) is 0 Å². The molecule has 3 nitrogen and oxygen atoms in total. The van der Waals surface area contributed by atoms with Gasteiger partial charge in [-0.1, -0.05) is 30.3 Å². The molecule has 1 atom stereocenters. The number of alkyl halides is 3. The monoisotopic (exact) mass is 351 g/mol. The maximum Gasteiger partial charge on any atom is 0.416 e. The summed E-state index contributed by atoms with van der Waals surface area (Å²) in [5.74, 6) is -0.302. The molecule has 0 aromatic heterocycles. The van der Waals surface area contributed by atoms with Crippen molar-refractivity contribution in [2.24, 2.45) is 0 Å². The summed E-state index contributed by atoms with van der Waals surface area (Å²) in [7, 11) is 0. The van der Waals surface area contributed by atoms with Gasteiger partial charge in [0, 0.05) is 18.7 Å². The minimum absolute atomic E-state index is 0.0480. The molecule has 1 amide bonds. The Morgan fingerprint density at radius 1 is 1.00 bits per heavy atom. The van der Waals surface area contributed by atoms with Crippen molar-refractivity contribution >= 4 is 5.91 Å². The molecule has 0 spiro atoms. The van der Waals surface area contributed by atoms with Crippen LogP contribution in [0.15, 0.2) is 54.6 Å². The van der Waals surface area contributed by atoms with Gasteiger partial charge in [-0.2, -0.15) is 13.2 Å². The Kier molecular flexibility index (Phi) is 6.58. The Hall–Kier alpha value is -2.34. The molecule has 6 heteroatoms. The van der Waals surface area contributed by atoms with Gasteiger partial charge in [-0.05, 0) is 48.6 Å². The molecule has 134 valence electrons. The third-order valence-electron chi connectivity index (χ3n) is 4.00. The van der Waals surface area contributed by atoms with Gasteiger partial charge in [0.15, 0.2) is 0 Å². The Morgan fingerprint density at radius 2 is 1.64 bits per heavy atom. The minimum Gasteiger partial charge on any atom is -0.396 e. The lowest BCUT2D eigenvalue weighted by Crippen LogP contribution is -2.26. The van der Waals surface area contributed by atoms with E-state index in [1.807, 2.05) is 30.3 Å². The van der Waals surface area contributed by atoms with Crippen molar-refractivity contribution in [3.63, 3.8) is 0 Å². The molecule has 25 heavy (non-hydrogen) atoms. The van der Waals surface area contributed by atoms with Crippen LogP contribution < -0.4 is 5.32 Å². The normalized spacial score (nSPS) is 12.6. The van der Waals surface area contributed by atoms with Gasteiger partial charge in [0.2, 0.25) is 0 Å². The topological polar surface area (TPSA) is 49.3 Å². The Bertz CT molecular complexity index is 669. The molecule has 0 saturated carbocycles. The molecule has 2 rings (SSSR count). The van der Waals surface area contributed by atoms with E-state index in [0.717, 1.165) is 17.7 Å². The highest BCUT2D eigenvalue weighted by atomic mass is 19.4. The van der Waals surface area contributed by atoms with Crippen LogP contribution >= 0.6 is 0 Å². The molecule has 0 bridgehead atoms. The van der Waals surface area contributed by atoms with Crippen LogP contribution in [0.3, 0.4) is 0 Å². The standard InChI is InChI=1S/C19H20F3NO2/c20-19(21,22)17-8-6-16(7-9-17)18(25)23-12-10-15(11-13-24)14-4-2-1-3-5-14/h1-9,15,24H,10-13H2,(H,23,25). The van der Waals surface area contributed by atoms with Crippen molar-refractivity contribution in [1.82, 2.24) is 5.32 Å². The smallest absolute Gasteiger partial charge is 0.396 e. The fourth-order valence-corrected chi connectivity index (χ4v) is 2.63. The second-order valence-electron chi connectivity index (χ2n) is 5.74. The summed E-state index contributed by atoms with van der Waals surface area (Å²) >= 11 is 0. The molecule has 1 unspecified atom stereocenters. The van der Waals surface area contributed by atoms with Crippen LogP contribution in [0.4, 0.5) is 13.2 Å². The first-order valence-corrected chi connectivity index (χ1v) is 8.03. The van der Waals surface area contributed by atoms with E-state index < -0.39 is 17.6 Å². The fourth-order valence-electron chi connectivity index (χ4n) is 2.63. The predicted octanol–water partition coefficient (Wildman–Crippen LogP) is 3.99. The zero-order valence-corrected chi connectivity index (χ0v) is 13.6. The minimum atomic E-state index is -4.41. The van der Waals surface area contributed by atoms with Crippen LogP contribution in [0.2, 0.25) is 0 Å². The van der Waals surface area contributed by atoms with E-state index in [1.54, 1.807) is 0 Å². The number of hydrogen-bond acceptors (Lipinski definition) is 2. The van der Waals surface area contributed by atoms with Gasteiger partial charge >= 0.3 is 6.18 Å². The first kappa shape index (κ1) is 19.0. The number of aliphatic hydroxyl groups is 1. The first-order chi connectivity index (χ1) is 11.9. The zero-order chi connectivity index (χ0) is 18.3. The summed E-state index contributed by atoms with van der Waals surface area (Å²) in [5.41, 5.74) is 0.489. The number of nitrogens with one attached hydrogen (secondary N) is 1. The maximum absolute atomic E-state index is 12.5. The molecule has 0 aliphatic rings. The molecular formula is C19H20F3NO2. The molecule has 0 fully saturated rings. The number of carbonyl (C=O) groups is 1. The van der Waals surface area contributed by atoms with E-state index in [2.05, 4.69) is 5.32 Å². The summed E-state index contributed by atoms with van der Waals surface area (Å²) in [6.45, 7) is 0.422. The molecular weight excluding hydrogens is 331 g/mol.